The molecule has 1 atom stereocenters. The topological polar surface area (TPSA) is 44.4 Å². The maximum absolute atomic E-state index is 11.4. The lowest BCUT2D eigenvalue weighted by Crippen LogP contribution is -2.53. The van der Waals surface area contributed by atoms with Gasteiger partial charge in [0.15, 0.2) is 0 Å². The first-order valence-corrected chi connectivity index (χ1v) is 7.69. The van der Waals surface area contributed by atoms with Gasteiger partial charge in [0.2, 0.25) is 5.91 Å². The molecule has 0 aromatic heterocycles. The SMILES string of the molecule is O=C1CCc2cc(NC3CN4CCC3CC4)ccc2N1. The maximum Gasteiger partial charge on any atom is 0.224 e. The molecular formula is C16H21N3O. The Hall–Kier alpha value is -1.55. The lowest BCUT2D eigenvalue weighted by atomic mass is 9.84. The zero-order valence-electron chi connectivity index (χ0n) is 11.7. The molecule has 1 aromatic rings. The molecule has 3 fully saturated rings. The zero-order valence-corrected chi connectivity index (χ0v) is 11.7. The summed E-state index contributed by atoms with van der Waals surface area (Å²) in [4.78, 5) is 13.9. The summed E-state index contributed by atoms with van der Waals surface area (Å²) in [5.41, 5.74) is 3.45. The van der Waals surface area contributed by atoms with Gasteiger partial charge in [0, 0.05) is 30.4 Å². The molecule has 0 spiro atoms. The number of nitrogens with zero attached hydrogens (tertiary/aromatic N) is 1. The Balaban J connectivity index is 1.50. The largest absolute Gasteiger partial charge is 0.381 e. The van der Waals surface area contributed by atoms with Crippen molar-refractivity contribution in [1.29, 1.82) is 0 Å². The van der Waals surface area contributed by atoms with Gasteiger partial charge in [-0.05, 0) is 62.0 Å². The molecule has 0 aliphatic carbocycles. The first-order chi connectivity index (χ1) is 9.78. The molecule has 4 nitrogen and oxygen atoms in total. The fourth-order valence-electron chi connectivity index (χ4n) is 3.82. The summed E-state index contributed by atoms with van der Waals surface area (Å²) in [5, 5.41) is 6.66. The van der Waals surface area contributed by atoms with Gasteiger partial charge >= 0.3 is 0 Å². The molecular weight excluding hydrogens is 250 g/mol. The number of hydrogen-bond acceptors (Lipinski definition) is 3. The van der Waals surface area contributed by atoms with Gasteiger partial charge in [0.1, 0.15) is 0 Å². The van der Waals surface area contributed by atoms with Crippen molar-refractivity contribution in [3.63, 3.8) is 0 Å². The molecule has 20 heavy (non-hydrogen) atoms. The summed E-state index contributed by atoms with van der Waals surface area (Å²) in [6, 6.07) is 6.94. The molecule has 2 N–H and O–H groups in total. The standard InChI is InChI=1S/C16H21N3O/c20-16-4-1-12-9-13(2-3-14(12)18-16)17-15-10-19-7-5-11(15)6-8-19/h2-3,9,11,15,17H,1,4-8,10H2,(H,18,20). The smallest absolute Gasteiger partial charge is 0.224 e. The molecule has 4 aliphatic rings. The Labute approximate surface area is 119 Å². The van der Waals surface area contributed by atoms with Crippen LogP contribution in [-0.2, 0) is 11.2 Å². The molecule has 5 rings (SSSR count). The number of nitrogens with one attached hydrogen (secondary N) is 2. The first-order valence-electron chi connectivity index (χ1n) is 7.69. The molecule has 1 amide bonds. The van der Waals surface area contributed by atoms with E-state index in [0.717, 1.165) is 18.0 Å². The molecule has 0 radical (unpaired) electrons. The number of hydrogen-bond donors (Lipinski definition) is 2. The number of aryl methyl sites for hydroxylation is 1. The average molecular weight is 271 g/mol. The van der Waals surface area contributed by atoms with Gasteiger partial charge in [-0.2, -0.15) is 0 Å². The van der Waals surface area contributed by atoms with E-state index in [9.17, 15) is 4.79 Å². The van der Waals surface area contributed by atoms with Crippen molar-refractivity contribution in [2.24, 2.45) is 5.92 Å². The number of benzene rings is 1. The Morgan fingerprint density at radius 3 is 2.80 bits per heavy atom. The fourth-order valence-corrected chi connectivity index (χ4v) is 3.82. The lowest BCUT2D eigenvalue weighted by molar-refractivity contribution is -0.116. The summed E-state index contributed by atoms with van der Waals surface area (Å²) >= 11 is 0. The van der Waals surface area contributed by atoms with E-state index in [0.29, 0.717) is 12.5 Å². The van der Waals surface area contributed by atoms with Crippen LogP contribution in [0, 0.1) is 5.92 Å². The number of piperidine rings is 3. The van der Waals surface area contributed by atoms with E-state index < -0.39 is 0 Å². The predicted octanol–water partition coefficient (Wildman–Crippen LogP) is 2.08. The van der Waals surface area contributed by atoms with E-state index >= 15 is 0 Å². The maximum atomic E-state index is 11.4. The van der Waals surface area contributed by atoms with Crippen LogP contribution in [0.15, 0.2) is 18.2 Å². The summed E-state index contributed by atoms with van der Waals surface area (Å²) in [7, 11) is 0. The van der Waals surface area contributed by atoms with Gasteiger partial charge < -0.3 is 15.5 Å². The van der Waals surface area contributed by atoms with E-state index in [1.807, 2.05) is 6.07 Å². The number of carbonyl (C=O) groups is 1. The summed E-state index contributed by atoms with van der Waals surface area (Å²) in [6.07, 6.45) is 4.13. The van der Waals surface area contributed by atoms with Gasteiger partial charge in [-0.1, -0.05) is 0 Å². The third-order valence-electron chi connectivity index (χ3n) is 5.01. The van der Waals surface area contributed by atoms with E-state index in [2.05, 4.69) is 27.7 Å². The minimum Gasteiger partial charge on any atom is -0.381 e. The highest BCUT2D eigenvalue weighted by molar-refractivity contribution is 5.94. The van der Waals surface area contributed by atoms with Crippen molar-refractivity contribution in [1.82, 2.24) is 4.90 Å². The molecule has 2 bridgehead atoms. The Bertz CT molecular complexity index is 535. The number of amides is 1. The highest BCUT2D eigenvalue weighted by atomic mass is 16.1. The second-order valence-electron chi connectivity index (χ2n) is 6.31. The normalized spacial score (nSPS) is 31.6. The lowest BCUT2D eigenvalue weighted by Gasteiger charge is -2.45. The van der Waals surface area contributed by atoms with Crippen LogP contribution in [0.25, 0.3) is 0 Å². The molecule has 1 aromatic carbocycles. The second-order valence-corrected chi connectivity index (χ2v) is 6.31. The zero-order chi connectivity index (χ0) is 13.5. The summed E-state index contributed by atoms with van der Waals surface area (Å²) < 4.78 is 0. The van der Waals surface area contributed by atoms with Gasteiger partial charge in [-0.25, -0.2) is 0 Å². The van der Waals surface area contributed by atoms with Crippen molar-refractivity contribution in [2.75, 3.05) is 30.3 Å². The molecule has 1 unspecified atom stereocenters. The van der Waals surface area contributed by atoms with Gasteiger partial charge in [-0.3, -0.25) is 4.79 Å². The monoisotopic (exact) mass is 271 g/mol. The van der Waals surface area contributed by atoms with Crippen LogP contribution in [0.3, 0.4) is 0 Å². The van der Waals surface area contributed by atoms with E-state index in [4.69, 9.17) is 0 Å². The molecule has 4 aliphatic heterocycles. The minimum absolute atomic E-state index is 0.135. The van der Waals surface area contributed by atoms with E-state index in [1.54, 1.807) is 0 Å². The minimum atomic E-state index is 0.135. The van der Waals surface area contributed by atoms with Crippen LogP contribution < -0.4 is 10.6 Å². The molecule has 4 heterocycles. The number of carbonyl (C=O) groups excluding carboxylic acids is 1. The summed E-state index contributed by atoms with van der Waals surface area (Å²) in [6.45, 7) is 3.73. The van der Waals surface area contributed by atoms with Gasteiger partial charge in [0.25, 0.3) is 0 Å². The third kappa shape index (κ3) is 2.18. The van der Waals surface area contributed by atoms with Crippen molar-refractivity contribution in [2.45, 2.75) is 31.7 Å². The van der Waals surface area contributed by atoms with Crippen LogP contribution in [0.4, 0.5) is 11.4 Å². The Kier molecular flexibility index (Phi) is 2.91. The Morgan fingerprint density at radius 1 is 1.20 bits per heavy atom. The van der Waals surface area contributed by atoms with Gasteiger partial charge in [0.05, 0.1) is 0 Å². The average Bonchev–Trinajstić information content (AvgIpc) is 2.49. The van der Waals surface area contributed by atoms with E-state index in [1.165, 1.54) is 43.7 Å². The van der Waals surface area contributed by atoms with Crippen LogP contribution in [-0.4, -0.2) is 36.5 Å². The molecule has 106 valence electrons. The fraction of sp³-hybridized carbons (Fsp3) is 0.562. The highest BCUT2D eigenvalue weighted by Gasteiger charge is 2.33. The van der Waals surface area contributed by atoms with Gasteiger partial charge in [-0.15, -0.1) is 0 Å². The quantitative estimate of drug-likeness (QED) is 0.865. The van der Waals surface area contributed by atoms with Crippen LogP contribution in [0.1, 0.15) is 24.8 Å². The van der Waals surface area contributed by atoms with Crippen molar-refractivity contribution >= 4 is 17.3 Å². The third-order valence-corrected chi connectivity index (χ3v) is 5.01. The molecule has 3 saturated heterocycles. The molecule has 4 heteroatoms. The number of rotatable bonds is 2. The van der Waals surface area contributed by atoms with Crippen molar-refractivity contribution in [3.05, 3.63) is 23.8 Å². The van der Waals surface area contributed by atoms with Crippen molar-refractivity contribution < 1.29 is 4.79 Å². The van der Waals surface area contributed by atoms with E-state index in [-0.39, 0.29) is 5.91 Å². The number of anilines is 2. The van der Waals surface area contributed by atoms with Crippen LogP contribution in [0.5, 0.6) is 0 Å². The second kappa shape index (κ2) is 4.77. The van der Waals surface area contributed by atoms with Crippen LogP contribution in [0.2, 0.25) is 0 Å². The Morgan fingerprint density at radius 2 is 2.05 bits per heavy atom. The van der Waals surface area contributed by atoms with Crippen LogP contribution >= 0.6 is 0 Å². The van der Waals surface area contributed by atoms with Crippen molar-refractivity contribution in [3.8, 4) is 0 Å². The number of fused-ring (bicyclic) bond motifs is 4. The predicted molar refractivity (Wildman–Crippen MR) is 80.0 cm³/mol. The summed E-state index contributed by atoms with van der Waals surface area (Å²) in [5.74, 6) is 0.964. The highest BCUT2D eigenvalue weighted by Crippen LogP contribution is 2.31. The first kappa shape index (κ1) is 12.2. The molecule has 0 saturated carbocycles.